The summed E-state index contributed by atoms with van der Waals surface area (Å²) < 4.78 is 0. The van der Waals surface area contributed by atoms with Gasteiger partial charge in [-0.1, -0.05) is 56.3 Å². The van der Waals surface area contributed by atoms with Crippen LogP contribution in [0.3, 0.4) is 0 Å². The molecule has 0 aromatic heterocycles. The van der Waals surface area contributed by atoms with Crippen LogP contribution in [0.15, 0.2) is 54.7 Å². The molecule has 0 radical (unpaired) electrons. The topological polar surface area (TPSA) is 49.4 Å². The smallest absolute Gasteiger partial charge is 0.226 e. The van der Waals surface area contributed by atoms with E-state index in [2.05, 4.69) is 25.2 Å². The first-order valence-corrected chi connectivity index (χ1v) is 9.46. The second kappa shape index (κ2) is 8.21. The van der Waals surface area contributed by atoms with Crippen LogP contribution in [0.5, 0.6) is 0 Å². The summed E-state index contributed by atoms with van der Waals surface area (Å²) in [7, 11) is 0. The van der Waals surface area contributed by atoms with Gasteiger partial charge in [0.2, 0.25) is 11.8 Å². The Morgan fingerprint density at radius 3 is 2.56 bits per heavy atom. The van der Waals surface area contributed by atoms with Gasteiger partial charge >= 0.3 is 0 Å². The molecule has 2 amide bonds. The van der Waals surface area contributed by atoms with Crippen LogP contribution < -0.4 is 5.32 Å². The highest BCUT2D eigenvalue weighted by atomic mass is 16.2. The van der Waals surface area contributed by atoms with E-state index in [-0.39, 0.29) is 24.3 Å². The Labute approximate surface area is 160 Å². The number of nitrogens with zero attached hydrogens (tertiary/aromatic N) is 1. The number of fused-ring (bicyclic) bond motifs is 1. The van der Waals surface area contributed by atoms with Gasteiger partial charge in [-0.2, -0.15) is 0 Å². The van der Waals surface area contributed by atoms with Gasteiger partial charge in [0, 0.05) is 18.8 Å². The first-order chi connectivity index (χ1) is 13.0. The maximum Gasteiger partial charge on any atom is 0.226 e. The number of amides is 2. The number of hydrogen-bond acceptors (Lipinski definition) is 2. The van der Waals surface area contributed by atoms with Crippen molar-refractivity contribution in [2.45, 2.75) is 45.6 Å². The molecule has 0 saturated carbocycles. The minimum absolute atomic E-state index is 0.0708. The van der Waals surface area contributed by atoms with E-state index in [0.717, 1.165) is 28.8 Å². The highest BCUT2D eigenvalue weighted by Gasteiger charge is 2.28. The number of carbonyl (C=O) groups excluding carboxylic acids is 2. The molecule has 0 bridgehead atoms. The van der Waals surface area contributed by atoms with E-state index >= 15 is 0 Å². The molecule has 0 saturated heterocycles. The Bertz CT molecular complexity index is 872. The van der Waals surface area contributed by atoms with Gasteiger partial charge in [-0.15, -0.1) is 0 Å². The third-order valence-electron chi connectivity index (χ3n) is 5.23. The SMILES string of the molecule is CC[C@@H](C)c1ccccc1NC(=O)C[C@H]1c2ccccc2C=CN1C(C)=O. The van der Waals surface area contributed by atoms with E-state index < -0.39 is 0 Å². The van der Waals surface area contributed by atoms with Crippen molar-refractivity contribution < 1.29 is 9.59 Å². The van der Waals surface area contributed by atoms with Gasteiger partial charge in [-0.25, -0.2) is 0 Å². The predicted octanol–water partition coefficient (Wildman–Crippen LogP) is 5.10. The van der Waals surface area contributed by atoms with Gasteiger partial charge in [-0.3, -0.25) is 9.59 Å². The highest BCUT2D eigenvalue weighted by molar-refractivity contribution is 5.93. The first-order valence-electron chi connectivity index (χ1n) is 9.46. The minimum Gasteiger partial charge on any atom is -0.326 e. The zero-order valence-electron chi connectivity index (χ0n) is 16.1. The van der Waals surface area contributed by atoms with Crippen LogP contribution >= 0.6 is 0 Å². The van der Waals surface area contributed by atoms with Crippen molar-refractivity contribution in [3.8, 4) is 0 Å². The van der Waals surface area contributed by atoms with Gasteiger partial charge in [0.1, 0.15) is 0 Å². The van der Waals surface area contributed by atoms with Crippen molar-refractivity contribution in [3.05, 3.63) is 71.4 Å². The van der Waals surface area contributed by atoms with Crippen LogP contribution in [0.4, 0.5) is 5.69 Å². The molecular weight excluding hydrogens is 336 g/mol. The molecule has 1 aliphatic rings. The second-order valence-electron chi connectivity index (χ2n) is 7.04. The minimum atomic E-state index is -0.292. The largest absolute Gasteiger partial charge is 0.326 e. The van der Waals surface area contributed by atoms with Crippen molar-refractivity contribution in [1.82, 2.24) is 4.90 Å². The standard InChI is InChI=1S/C23H26N2O2/c1-4-16(2)19-10-7-8-12-21(19)24-23(27)15-22-20-11-6-5-9-18(20)13-14-25(22)17(3)26/h5-14,16,22H,4,15H2,1-3H3,(H,24,27)/t16-,22+/m1/s1. The van der Waals surface area contributed by atoms with Crippen LogP contribution in [0.25, 0.3) is 6.08 Å². The summed E-state index contributed by atoms with van der Waals surface area (Å²) >= 11 is 0. The molecule has 3 rings (SSSR count). The summed E-state index contributed by atoms with van der Waals surface area (Å²) in [5.41, 5.74) is 4.04. The number of benzene rings is 2. The summed E-state index contributed by atoms with van der Waals surface area (Å²) in [6.07, 6.45) is 4.92. The molecule has 2 aromatic carbocycles. The Balaban J connectivity index is 1.83. The third kappa shape index (κ3) is 4.11. The van der Waals surface area contributed by atoms with Crippen LogP contribution in [0, 0.1) is 0 Å². The molecule has 140 valence electrons. The molecule has 4 nitrogen and oxygen atoms in total. The normalized spacial score (nSPS) is 16.6. The van der Waals surface area contributed by atoms with Gasteiger partial charge in [0.25, 0.3) is 0 Å². The van der Waals surface area contributed by atoms with Crippen molar-refractivity contribution in [1.29, 1.82) is 0 Å². The Kier molecular flexibility index (Phi) is 5.75. The number of carbonyl (C=O) groups is 2. The Morgan fingerprint density at radius 1 is 1.11 bits per heavy atom. The molecule has 27 heavy (non-hydrogen) atoms. The highest BCUT2D eigenvalue weighted by Crippen LogP contribution is 2.33. The summed E-state index contributed by atoms with van der Waals surface area (Å²) in [6, 6.07) is 15.5. The molecule has 0 spiro atoms. The van der Waals surface area contributed by atoms with Gasteiger partial charge in [-0.05, 0) is 41.2 Å². The monoisotopic (exact) mass is 362 g/mol. The maximum absolute atomic E-state index is 12.8. The van der Waals surface area contributed by atoms with Crippen LogP contribution in [0.2, 0.25) is 0 Å². The number of anilines is 1. The first kappa shape index (κ1) is 18.9. The number of hydrogen-bond donors (Lipinski definition) is 1. The second-order valence-corrected chi connectivity index (χ2v) is 7.04. The van der Waals surface area contributed by atoms with E-state index in [9.17, 15) is 9.59 Å². The fraction of sp³-hybridized carbons (Fsp3) is 0.304. The van der Waals surface area contributed by atoms with E-state index in [0.29, 0.717) is 5.92 Å². The maximum atomic E-state index is 12.8. The molecule has 0 fully saturated rings. The van der Waals surface area contributed by atoms with Crippen molar-refractivity contribution in [2.75, 3.05) is 5.32 Å². The molecule has 1 heterocycles. The van der Waals surface area contributed by atoms with E-state index in [4.69, 9.17) is 0 Å². The Morgan fingerprint density at radius 2 is 1.81 bits per heavy atom. The van der Waals surface area contributed by atoms with Gasteiger partial charge in [0.15, 0.2) is 0 Å². The quantitative estimate of drug-likeness (QED) is 0.804. The third-order valence-corrected chi connectivity index (χ3v) is 5.23. The summed E-state index contributed by atoms with van der Waals surface area (Å²) in [5, 5.41) is 3.06. The average Bonchev–Trinajstić information content (AvgIpc) is 2.67. The van der Waals surface area contributed by atoms with Gasteiger partial charge in [0.05, 0.1) is 12.5 Å². The number of nitrogens with one attached hydrogen (secondary N) is 1. The fourth-order valence-corrected chi connectivity index (χ4v) is 3.55. The average molecular weight is 362 g/mol. The molecule has 2 aromatic rings. The molecule has 1 N–H and O–H groups in total. The van der Waals surface area contributed by atoms with Crippen LogP contribution in [0.1, 0.15) is 62.3 Å². The molecule has 1 aliphatic heterocycles. The lowest BCUT2D eigenvalue weighted by Crippen LogP contribution is -2.33. The summed E-state index contributed by atoms with van der Waals surface area (Å²) in [4.78, 5) is 26.6. The number of para-hydroxylation sites is 1. The number of rotatable bonds is 5. The fourth-order valence-electron chi connectivity index (χ4n) is 3.55. The van der Waals surface area contributed by atoms with Crippen molar-refractivity contribution in [2.24, 2.45) is 0 Å². The van der Waals surface area contributed by atoms with E-state index in [1.165, 1.54) is 6.92 Å². The summed E-state index contributed by atoms with van der Waals surface area (Å²) in [6.45, 7) is 5.82. The molecular formula is C23H26N2O2. The molecule has 0 aliphatic carbocycles. The lowest BCUT2D eigenvalue weighted by molar-refractivity contribution is -0.129. The van der Waals surface area contributed by atoms with Crippen molar-refractivity contribution in [3.63, 3.8) is 0 Å². The Hall–Kier alpha value is -2.88. The molecule has 4 heteroatoms. The molecule has 2 atom stereocenters. The van der Waals surface area contributed by atoms with Crippen molar-refractivity contribution >= 4 is 23.6 Å². The lowest BCUT2D eigenvalue weighted by Gasteiger charge is -2.32. The van der Waals surface area contributed by atoms with Crippen LogP contribution in [-0.2, 0) is 9.59 Å². The van der Waals surface area contributed by atoms with Gasteiger partial charge < -0.3 is 10.2 Å². The summed E-state index contributed by atoms with van der Waals surface area (Å²) in [5.74, 6) is 0.208. The van der Waals surface area contributed by atoms with E-state index in [1.807, 2.05) is 48.5 Å². The zero-order valence-corrected chi connectivity index (χ0v) is 16.1. The zero-order chi connectivity index (χ0) is 19.4. The predicted molar refractivity (Wildman–Crippen MR) is 109 cm³/mol. The van der Waals surface area contributed by atoms with E-state index in [1.54, 1.807) is 11.1 Å². The molecule has 0 unspecified atom stereocenters. The lowest BCUT2D eigenvalue weighted by atomic mass is 9.93. The van der Waals surface area contributed by atoms with Crippen LogP contribution in [-0.4, -0.2) is 16.7 Å².